The SMILES string of the molecule is C=CCOc1ccc2occc2c1[C@H]1C[C@@H]1CN. The van der Waals surface area contributed by atoms with Crippen molar-refractivity contribution in [2.75, 3.05) is 13.2 Å². The first-order chi connectivity index (χ1) is 8.85. The molecule has 0 amide bonds. The molecular formula is C15H17NO2. The Morgan fingerprint density at radius 3 is 3.06 bits per heavy atom. The minimum atomic E-state index is 0.510. The molecule has 18 heavy (non-hydrogen) atoms. The summed E-state index contributed by atoms with van der Waals surface area (Å²) in [6, 6.07) is 5.95. The molecule has 1 aliphatic rings. The summed E-state index contributed by atoms with van der Waals surface area (Å²) in [6.45, 7) is 4.95. The first-order valence-electron chi connectivity index (χ1n) is 6.29. The molecule has 0 bridgehead atoms. The summed E-state index contributed by atoms with van der Waals surface area (Å²) in [6.07, 6.45) is 4.63. The third kappa shape index (κ3) is 1.81. The molecule has 0 radical (unpaired) electrons. The van der Waals surface area contributed by atoms with Crippen LogP contribution in [0.2, 0.25) is 0 Å². The Morgan fingerprint density at radius 2 is 2.33 bits per heavy atom. The molecule has 1 aromatic carbocycles. The van der Waals surface area contributed by atoms with Gasteiger partial charge in [0.25, 0.3) is 0 Å². The zero-order chi connectivity index (χ0) is 12.5. The van der Waals surface area contributed by atoms with E-state index in [2.05, 4.69) is 6.58 Å². The molecule has 0 saturated heterocycles. The van der Waals surface area contributed by atoms with Crippen LogP contribution in [0.5, 0.6) is 5.75 Å². The second-order valence-electron chi connectivity index (χ2n) is 4.75. The summed E-state index contributed by atoms with van der Waals surface area (Å²) in [7, 11) is 0. The number of nitrogens with two attached hydrogens (primary N) is 1. The number of ether oxygens (including phenoxy) is 1. The van der Waals surface area contributed by atoms with Gasteiger partial charge in [-0.25, -0.2) is 0 Å². The molecule has 2 atom stereocenters. The fourth-order valence-corrected chi connectivity index (χ4v) is 2.57. The third-order valence-corrected chi connectivity index (χ3v) is 3.59. The Bertz CT molecular complexity index is 573. The van der Waals surface area contributed by atoms with E-state index in [1.165, 1.54) is 5.56 Å². The Kier molecular flexibility index (Phi) is 2.84. The minimum Gasteiger partial charge on any atom is -0.489 e. The second kappa shape index (κ2) is 4.50. The van der Waals surface area contributed by atoms with Crippen molar-refractivity contribution in [3.63, 3.8) is 0 Å². The van der Waals surface area contributed by atoms with Crippen molar-refractivity contribution in [3.05, 3.63) is 42.7 Å². The average molecular weight is 243 g/mol. The van der Waals surface area contributed by atoms with Gasteiger partial charge in [0.2, 0.25) is 0 Å². The van der Waals surface area contributed by atoms with Gasteiger partial charge in [0.15, 0.2) is 0 Å². The van der Waals surface area contributed by atoms with Gasteiger partial charge in [0, 0.05) is 10.9 Å². The van der Waals surface area contributed by atoms with Crippen LogP contribution in [0.1, 0.15) is 17.9 Å². The van der Waals surface area contributed by atoms with Crippen molar-refractivity contribution in [2.45, 2.75) is 12.3 Å². The van der Waals surface area contributed by atoms with Crippen LogP contribution in [0.15, 0.2) is 41.5 Å². The molecule has 1 aromatic heterocycles. The van der Waals surface area contributed by atoms with Crippen LogP contribution in [0.3, 0.4) is 0 Å². The fourth-order valence-electron chi connectivity index (χ4n) is 2.57. The fraction of sp³-hybridized carbons (Fsp3) is 0.333. The Labute approximate surface area is 106 Å². The third-order valence-electron chi connectivity index (χ3n) is 3.59. The maximum atomic E-state index is 5.76. The maximum absolute atomic E-state index is 5.76. The van der Waals surface area contributed by atoms with Gasteiger partial charge in [-0.05, 0) is 43.0 Å². The lowest BCUT2D eigenvalue weighted by Gasteiger charge is -2.11. The Hall–Kier alpha value is -1.74. The predicted molar refractivity (Wildman–Crippen MR) is 71.8 cm³/mol. The van der Waals surface area contributed by atoms with Gasteiger partial charge >= 0.3 is 0 Å². The topological polar surface area (TPSA) is 48.4 Å². The summed E-state index contributed by atoms with van der Waals surface area (Å²) in [5.74, 6) is 2.03. The first kappa shape index (κ1) is 11.4. The molecule has 1 aliphatic carbocycles. The first-order valence-corrected chi connectivity index (χ1v) is 6.29. The molecule has 94 valence electrons. The normalized spacial score (nSPS) is 22.1. The number of benzene rings is 1. The summed E-state index contributed by atoms with van der Waals surface area (Å²) in [5.41, 5.74) is 7.91. The van der Waals surface area contributed by atoms with Gasteiger partial charge in [-0.3, -0.25) is 0 Å². The zero-order valence-corrected chi connectivity index (χ0v) is 10.3. The molecule has 1 fully saturated rings. The molecule has 1 heterocycles. The monoisotopic (exact) mass is 243 g/mol. The van der Waals surface area contributed by atoms with Crippen LogP contribution in [-0.2, 0) is 0 Å². The highest BCUT2D eigenvalue weighted by Crippen LogP contribution is 2.52. The summed E-state index contributed by atoms with van der Waals surface area (Å²) >= 11 is 0. The largest absolute Gasteiger partial charge is 0.489 e. The molecule has 0 spiro atoms. The van der Waals surface area contributed by atoms with Crippen LogP contribution in [0.4, 0.5) is 0 Å². The van der Waals surface area contributed by atoms with E-state index in [1.54, 1.807) is 12.3 Å². The van der Waals surface area contributed by atoms with Crippen LogP contribution < -0.4 is 10.5 Å². The standard InChI is InChI=1S/C15H17NO2/c1-2-6-17-14-4-3-13-11(5-7-18-13)15(14)12-8-10(12)9-16/h2-5,7,10,12H,1,6,8-9,16H2/t10-,12+/m1/s1. The van der Waals surface area contributed by atoms with Gasteiger partial charge < -0.3 is 14.9 Å². The molecule has 3 heteroatoms. The van der Waals surface area contributed by atoms with E-state index in [0.717, 1.165) is 29.7 Å². The molecule has 3 nitrogen and oxygen atoms in total. The number of hydrogen-bond donors (Lipinski definition) is 1. The molecule has 0 aliphatic heterocycles. The average Bonchev–Trinajstić information content (AvgIpc) is 3.02. The quantitative estimate of drug-likeness (QED) is 0.821. The number of rotatable bonds is 5. The van der Waals surface area contributed by atoms with Crippen LogP contribution in [0.25, 0.3) is 11.0 Å². The number of furan rings is 1. The molecule has 3 rings (SSSR count). The van der Waals surface area contributed by atoms with Gasteiger partial charge in [-0.2, -0.15) is 0 Å². The highest BCUT2D eigenvalue weighted by molar-refractivity contribution is 5.84. The van der Waals surface area contributed by atoms with Crippen LogP contribution in [-0.4, -0.2) is 13.2 Å². The van der Waals surface area contributed by atoms with Gasteiger partial charge in [-0.15, -0.1) is 0 Å². The van der Waals surface area contributed by atoms with Crippen molar-refractivity contribution in [1.29, 1.82) is 0 Å². The van der Waals surface area contributed by atoms with Crippen molar-refractivity contribution < 1.29 is 9.15 Å². The van der Waals surface area contributed by atoms with Crippen molar-refractivity contribution in [1.82, 2.24) is 0 Å². The van der Waals surface area contributed by atoms with Crippen molar-refractivity contribution in [2.24, 2.45) is 11.7 Å². The van der Waals surface area contributed by atoms with Gasteiger partial charge in [-0.1, -0.05) is 12.7 Å². The Balaban J connectivity index is 2.04. The number of hydrogen-bond acceptors (Lipinski definition) is 3. The summed E-state index contributed by atoms with van der Waals surface area (Å²) in [5, 5.41) is 1.15. The highest BCUT2D eigenvalue weighted by Gasteiger charge is 2.40. The predicted octanol–water partition coefficient (Wildman–Crippen LogP) is 3.06. The smallest absolute Gasteiger partial charge is 0.134 e. The van der Waals surface area contributed by atoms with Crippen LogP contribution in [0, 0.1) is 5.92 Å². The highest BCUT2D eigenvalue weighted by atomic mass is 16.5. The van der Waals surface area contributed by atoms with E-state index >= 15 is 0 Å². The summed E-state index contributed by atoms with van der Waals surface area (Å²) < 4.78 is 11.2. The Morgan fingerprint density at radius 1 is 1.44 bits per heavy atom. The second-order valence-corrected chi connectivity index (χ2v) is 4.75. The van der Waals surface area contributed by atoms with Crippen molar-refractivity contribution >= 4 is 11.0 Å². The van der Waals surface area contributed by atoms with Crippen LogP contribution >= 0.6 is 0 Å². The molecule has 0 unspecified atom stereocenters. The van der Waals surface area contributed by atoms with E-state index in [9.17, 15) is 0 Å². The van der Waals surface area contributed by atoms with E-state index in [4.69, 9.17) is 14.9 Å². The van der Waals surface area contributed by atoms with E-state index in [-0.39, 0.29) is 0 Å². The lowest BCUT2D eigenvalue weighted by atomic mass is 10.0. The molecule has 1 saturated carbocycles. The zero-order valence-electron chi connectivity index (χ0n) is 10.3. The van der Waals surface area contributed by atoms with E-state index in [1.807, 2.05) is 18.2 Å². The molecule has 2 N–H and O–H groups in total. The van der Waals surface area contributed by atoms with E-state index < -0.39 is 0 Å². The van der Waals surface area contributed by atoms with Gasteiger partial charge in [0.05, 0.1) is 6.26 Å². The molecule has 2 aromatic rings. The summed E-state index contributed by atoms with van der Waals surface area (Å²) in [4.78, 5) is 0. The minimum absolute atomic E-state index is 0.510. The number of fused-ring (bicyclic) bond motifs is 1. The van der Waals surface area contributed by atoms with Gasteiger partial charge in [0.1, 0.15) is 17.9 Å². The maximum Gasteiger partial charge on any atom is 0.134 e. The lowest BCUT2D eigenvalue weighted by Crippen LogP contribution is -2.03. The lowest BCUT2D eigenvalue weighted by molar-refractivity contribution is 0.359. The van der Waals surface area contributed by atoms with Crippen molar-refractivity contribution in [3.8, 4) is 5.75 Å². The molecular weight excluding hydrogens is 226 g/mol. The van der Waals surface area contributed by atoms with E-state index in [0.29, 0.717) is 18.4 Å².